The molecular formula is C17H17BrN6O3. The van der Waals surface area contributed by atoms with Gasteiger partial charge in [0, 0.05) is 18.3 Å². The van der Waals surface area contributed by atoms with Gasteiger partial charge in [0.15, 0.2) is 0 Å². The summed E-state index contributed by atoms with van der Waals surface area (Å²) < 4.78 is 4.21. The average Bonchev–Trinajstić information content (AvgIpc) is 3.21. The van der Waals surface area contributed by atoms with Crippen LogP contribution in [0, 0.1) is 17.0 Å². The predicted octanol–water partition coefficient (Wildman–Crippen LogP) is 2.54. The molecule has 0 saturated carbocycles. The fourth-order valence-corrected chi connectivity index (χ4v) is 2.89. The second-order valence-corrected chi connectivity index (χ2v) is 6.85. The van der Waals surface area contributed by atoms with Gasteiger partial charge in [-0.25, -0.2) is 0 Å². The summed E-state index contributed by atoms with van der Waals surface area (Å²) in [5.41, 5.74) is 2.25. The average molecular weight is 433 g/mol. The number of hydrogen-bond acceptors (Lipinski definition) is 5. The predicted molar refractivity (Wildman–Crippen MR) is 101 cm³/mol. The maximum Gasteiger partial charge on any atom is 0.390 e. The lowest BCUT2D eigenvalue weighted by molar-refractivity contribution is -0.389. The van der Waals surface area contributed by atoms with E-state index in [1.165, 1.54) is 10.7 Å². The number of amides is 1. The highest BCUT2D eigenvalue weighted by atomic mass is 79.9. The zero-order chi connectivity index (χ0) is 19.4. The van der Waals surface area contributed by atoms with Crippen LogP contribution in [-0.4, -0.2) is 36.9 Å². The highest BCUT2D eigenvalue weighted by Crippen LogP contribution is 2.11. The standard InChI is InChI=1S/C17H17BrN6O3/c1-12-8-16(24(26)27)21-23(12)7-6-19-17(25)14-4-2-13(3-5-14)10-22-11-15(18)9-20-22/h2-5,8-9,11H,6-7,10H2,1H3,(H,19,25). The number of nitrogens with one attached hydrogen (secondary N) is 1. The summed E-state index contributed by atoms with van der Waals surface area (Å²) in [5, 5.41) is 21.6. The fourth-order valence-electron chi connectivity index (χ4n) is 2.56. The molecule has 0 aliphatic carbocycles. The summed E-state index contributed by atoms with van der Waals surface area (Å²) in [4.78, 5) is 22.4. The molecule has 2 aromatic heterocycles. The molecule has 10 heteroatoms. The van der Waals surface area contributed by atoms with E-state index in [1.807, 2.05) is 18.3 Å². The smallest absolute Gasteiger partial charge is 0.358 e. The molecular weight excluding hydrogens is 416 g/mol. The number of nitrogens with zero attached hydrogens (tertiary/aromatic N) is 5. The Hall–Kier alpha value is -3.01. The van der Waals surface area contributed by atoms with Gasteiger partial charge in [0.2, 0.25) is 0 Å². The summed E-state index contributed by atoms with van der Waals surface area (Å²) in [6.07, 6.45) is 3.60. The van der Waals surface area contributed by atoms with Crippen LogP contribution in [0.15, 0.2) is 47.2 Å². The van der Waals surface area contributed by atoms with Crippen LogP contribution in [0.5, 0.6) is 0 Å². The summed E-state index contributed by atoms with van der Waals surface area (Å²) >= 11 is 3.35. The van der Waals surface area contributed by atoms with E-state index in [9.17, 15) is 14.9 Å². The van der Waals surface area contributed by atoms with E-state index in [1.54, 1.807) is 29.9 Å². The van der Waals surface area contributed by atoms with E-state index < -0.39 is 4.92 Å². The summed E-state index contributed by atoms with van der Waals surface area (Å²) in [6, 6.07) is 8.68. The third kappa shape index (κ3) is 4.79. The quantitative estimate of drug-likeness (QED) is 0.455. The van der Waals surface area contributed by atoms with E-state index in [4.69, 9.17) is 0 Å². The number of carbonyl (C=O) groups excluding carboxylic acids is 1. The molecule has 0 bridgehead atoms. The van der Waals surface area contributed by atoms with Gasteiger partial charge >= 0.3 is 5.82 Å². The van der Waals surface area contributed by atoms with Crippen molar-refractivity contribution in [2.75, 3.05) is 6.54 Å². The molecule has 3 aromatic rings. The maximum absolute atomic E-state index is 12.2. The van der Waals surface area contributed by atoms with Crippen molar-refractivity contribution in [3.05, 3.63) is 74.1 Å². The second kappa shape index (κ2) is 8.12. The Kier molecular flexibility index (Phi) is 5.65. The van der Waals surface area contributed by atoms with Crippen LogP contribution in [0.3, 0.4) is 0 Å². The second-order valence-electron chi connectivity index (χ2n) is 5.93. The van der Waals surface area contributed by atoms with Gasteiger partial charge in [-0.3, -0.25) is 9.48 Å². The van der Waals surface area contributed by atoms with E-state index >= 15 is 0 Å². The SMILES string of the molecule is Cc1cc([N+](=O)[O-])nn1CCNC(=O)c1ccc(Cn2cc(Br)cn2)cc1. The first-order valence-electron chi connectivity index (χ1n) is 8.16. The minimum absolute atomic E-state index is 0.196. The third-order valence-corrected chi connectivity index (χ3v) is 4.34. The lowest BCUT2D eigenvalue weighted by Crippen LogP contribution is -2.27. The monoisotopic (exact) mass is 432 g/mol. The molecule has 2 heterocycles. The summed E-state index contributed by atoms with van der Waals surface area (Å²) in [6.45, 7) is 3.03. The molecule has 0 spiro atoms. The molecule has 140 valence electrons. The first-order valence-corrected chi connectivity index (χ1v) is 8.95. The summed E-state index contributed by atoms with van der Waals surface area (Å²) in [5.74, 6) is -0.402. The molecule has 0 aliphatic rings. The highest BCUT2D eigenvalue weighted by Gasteiger charge is 2.15. The molecule has 0 radical (unpaired) electrons. The fraction of sp³-hybridized carbons (Fsp3) is 0.235. The normalized spacial score (nSPS) is 10.7. The maximum atomic E-state index is 12.2. The Bertz CT molecular complexity index is 963. The first-order chi connectivity index (χ1) is 12.9. The molecule has 1 N–H and O–H groups in total. The molecule has 9 nitrogen and oxygen atoms in total. The van der Waals surface area contributed by atoms with Crippen molar-refractivity contribution in [2.45, 2.75) is 20.0 Å². The Balaban J connectivity index is 1.53. The van der Waals surface area contributed by atoms with Gasteiger partial charge in [0.1, 0.15) is 0 Å². The largest absolute Gasteiger partial charge is 0.390 e. The topological polar surface area (TPSA) is 108 Å². The number of aryl methyl sites for hydroxylation is 1. The van der Waals surface area contributed by atoms with Gasteiger partial charge in [-0.05, 0) is 45.5 Å². The van der Waals surface area contributed by atoms with Crippen molar-refractivity contribution in [3.8, 4) is 0 Å². The molecule has 1 aromatic carbocycles. The van der Waals surface area contributed by atoms with Gasteiger partial charge in [0.25, 0.3) is 5.91 Å². The lowest BCUT2D eigenvalue weighted by atomic mass is 10.1. The van der Waals surface area contributed by atoms with E-state index in [2.05, 4.69) is 31.4 Å². The molecule has 1 amide bonds. The minimum Gasteiger partial charge on any atom is -0.358 e. The van der Waals surface area contributed by atoms with Gasteiger partial charge in [-0.1, -0.05) is 12.1 Å². The van der Waals surface area contributed by atoms with Crippen LogP contribution < -0.4 is 5.32 Å². The molecule has 0 fully saturated rings. The van der Waals surface area contributed by atoms with Crippen molar-refractivity contribution in [1.29, 1.82) is 0 Å². The molecule has 0 unspecified atom stereocenters. The van der Waals surface area contributed by atoms with Crippen LogP contribution in [0.2, 0.25) is 0 Å². The van der Waals surface area contributed by atoms with Crippen LogP contribution in [0.25, 0.3) is 0 Å². The van der Waals surface area contributed by atoms with Gasteiger partial charge in [-0.2, -0.15) is 9.78 Å². The van der Waals surface area contributed by atoms with Crippen molar-refractivity contribution >= 4 is 27.7 Å². The van der Waals surface area contributed by atoms with Crippen LogP contribution >= 0.6 is 15.9 Å². The Morgan fingerprint density at radius 3 is 2.67 bits per heavy atom. The number of nitro groups is 1. The van der Waals surface area contributed by atoms with E-state index in [0.29, 0.717) is 30.9 Å². The Morgan fingerprint density at radius 1 is 1.33 bits per heavy atom. The van der Waals surface area contributed by atoms with Crippen molar-refractivity contribution in [1.82, 2.24) is 24.9 Å². The van der Waals surface area contributed by atoms with Gasteiger partial charge in [0.05, 0.1) is 40.6 Å². The Morgan fingerprint density at radius 2 is 2.07 bits per heavy atom. The van der Waals surface area contributed by atoms with Crippen LogP contribution in [0.1, 0.15) is 21.6 Å². The number of halogens is 1. The zero-order valence-electron chi connectivity index (χ0n) is 14.5. The molecule has 0 aliphatic heterocycles. The van der Waals surface area contributed by atoms with Crippen molar-refractivity contribution in [3.63, 3.8) is 0 Å². The third-order valence-electron chi connectivity index (χ3n) is 3.93. The van der Waals surface area contributed by atoms with Crippen molar-refractivity contribution < 1.29 is 9.72 Å². The van der Waals surface area contributed by atoms with Gasteiger partial charge < -0.3 is 15.4 Å². The minimum atomic E-state index is -0.536. The van der Waals surface area contributed by atoms with Crippen LogP contribution in [-0.2, 0) is 13.1 Å². The highest BCUT2D eigenvalue weighted by molar-refractivity contribution is 9.10. The number of carbonyl (C=O) groups is 1. The first kappa shape index (κ1) is 18.8. The Labute approximate surface area is 163 Å². The lowest BCUT2D eigenvalue weighted by Gasteiger charge is -2.06. The molecule has 3 rings (SSSR count). The summed E-state index contributed by atoms with van der Waals surface area (Å²) in [7, 11) is 0. The van der Waals surface area contributed by atoms with Crippen LogP contribution in [0.4, 0.5) is 5.82 Å². The molecule has 0 saturated heterocycles. The molecule has 27 heavy (non-hydrogen) atoms. The number of hydrogen-bond donors (Lipinski definition) is 1. The van der Waals surface area contributed by atoms with Crippen molar-refractivity contribution in [2.24, 2.45) is 0 Å². The van der Waals surface area contributed by atoms with E-state index in [-0.39, 0.29) is 11.7 Å². The van der Waals surface area contributed by atoms with Gasteiger partial charge in [-0.15, -0.1) is 0 Å². The number of benzene rings is 1. The number of aromatic nitrogens is 4. The number of rotatable bonds is 7. The van der Waals surface area contributed by atoms with E-state index in [0.717, 1.165) is 10.0 Å². The molecule has 0 atom stereocenters. The zero-order valence-corrected chi connectivity index (χ0v) is 16.1.